The van der Waals surface area contributed by atoms with Crippen LogP contribution in [0.2, 0.25) is 0 Å². The van der Waals surface area contributed by atoms with Gasteiger partial charge in [0.05, 0.1) is 0 Å². The first-order valence-corrected chi connectivity index (χ1v) is 8.38. The van der Waals surface area contributed by atoms with E-state index in [0.29, 0.717) is 10.8 Å². The number of aromatic nitrogens is 2. The van der Waals surface area contributed by atoms with Crippen LogP contribution in [0.15, 0.2) is 12.4 Å². The van der Waals surface area contributed by atoms with E-state index in [9.17, 15) is 0 Å². The van der Waals surface area contributed by atoms with Crippen LogP contribution in [0.4, 0.5) is 5.95 Å². The molecule has 0 atom stereocenters. The van der Waals surface area contributed by atoms with E-state index in [1.807, 2.05) is 24.2 Å². The van der Waals surface area contributed by atoms with Gasteiger partial charge in [0.15, 0.2) is 0 Å². The van der Waals surface area contributed by atoms with Crippen molar-refractivity contribution in [2.24, 2.45) is 0 Å². The quantitative estimate of drug-likeness (QED) is 0.924. The highest BCUT2D eigenvalue weighted by Crippen LogP contribution is 2.31. The number of hydrogen-bond donors (Lipinski definition) is 1. The summed E-state index contributed by atoms with van der Waals surface area (Å²) in [6, 6.07) is 0.486. The maximum atomic E-state index is 4.54. The van der Waals surface area contributed by atoms with Crippen LogP contribution in [0.1, 0.15) is 39.7 Å². The maximum Gasteiger partial charge on any atom is 0.225 e. The highest BCUT2D eigenvalue weighted by atomic mass is 32.2. The molecule has 5 heteroatoms. The molecule has 0 aliphatic carbocycles. The van der Waals surface area contributed by atoms with Crippen LogP contribution in [0, 0.1) is 0 Å². The van der Waals surface area contributed by atoms with Crippen LogP contribution in [-0.2, 0) is 6.54 Å². The molecule has 0 spiro atoms. The second-order valence-electron chi connectivity index (χ2n) is 6.27. The standard InChI is InChI=1S/C15H26N4S/c1-12(2)16-9-13-10-17-14(18-11-13)19-6-5-15(3,4)20-8-7-19/h10-12,16H,5-9H2,1-4H3. The molecule has 4 nitrogen and oxygen atoms in total. The summed E-state index contributed by atoms with van der Waals surface area (Å²) in [6.45, 7) is 11.9. The summed E-state index contributed by atoms with van der Waals surface area (Å²) in [5.41, 5.74) is 1.15. The van der Waals surface area contributed by atoms with Gasteiger partial charge in [-0.1, -0.05) is 27.7 Å². The molecule has 2 heterocycles. The molecular formula is C15H26N4S. The number of nitrogens with one attached hydrogen (secondary N) is 1. The first-order valence-electron chi connectivity index (χ1n) is 7.39. The van der Waals surface area contributed by atoms with Gasteiger partial charge in [0.25, 0.3) is 0 Å². The fourth-order valence-electron chi connectivity index (χ4n) is 2.14. The van der Waals surface area contributed by atoms with Gasteiger partial charge in [0.1, 0.15) is 0 Å². The van der Waals surface area contributed by atoms with E-state index in [1.165, 1.54) is 6.42 Å². The van der Waals surface area contributed by atoms with Gasteiger partial charge in [-0.05, 0) is 6.42 Å². The smallest absolute Gasteiger partial charge is 0.225 e. The molecule has 1 aromatic rings. The van der Waals surface area contributed by atoms with Gasteiger partial charge >= 0.3 is 0 Å². The van der Waals surface area contributed by atoms with E-state index < -0.39 is 0 Å². The van der Waals surface area contributed by atoms with Gasteiger partial charge < -0.3 is 10.2 Å². The Balaban J connectivity index is 1.95. The van der Waals surface area contributed by atoms with Crippen molar-refractivity contribution >= 4 is 17.7 Å². The number of hydrogen-bond acceptors (Lipinski definition) is 5. The lowest BCUT2D eigenvalue weighted by Gasteiger charge is -2.22. The maximum absolute atomic E-state index is 4.54. The third-order valence-electron chi connectivity index (χ3n) is 3.53. The zero-order valence-electron chi connectivity index (χ0n) is 13.0. The summed E-state index contributed by atoms with van der Waals surface area (Å²) >= 11 is 2.05. The van der Waals surface area contributed by atoms with Crippen LogP contribution in [0.25, 0.3) is 0 Å². The average molecular weight is 294 g/mol. The summed E-state index contributed by atoms with van der Waals surface area (Å²) in [5.74, 6) is 2.02. The van der Waals surface area contributed by atoms with Gasteiger partial charge in [0.2, 0.25) is 5.95 Å². The Morgan fingerprint density at radius 3 is 2.65 bits per heavy atom. The summed E-state index contributed by atoms with van der Waals surface area (Å²) in [7, 11) is 0. The molecule has 20 heavy (non-hydrogen) atoms. The van der Waals surface area contributed by atoms with Gasteiger partial charge in [0, 0.05) is 54.1 Å². The molecule has 1 fully saturated rings. The van der Waals surface area contributed by atoms with Crippen molar-refractivity contribution in [2.45, 2.75) is 51.4 Å². The van der Waals surface area contributed by atoms with Crippen LogP contribution >= 0.6 is 11.8 Å². The van der Waals surface area contributed by atoms with Crippen LogP contribution in [0.3, 0.4) is 0 Å². The van der Waals surface area contributed by atoms with Gasteiger partial charge in [-0.15, -0.1) is 0 Å². The third-order valence-corrected chi connectivity index (χ3v) is 4.90. The van der Waals surface area contributed by atoms with E-state index in [2.05, 4.69) is 47.9 Å². The van der Waals surface area contributed by atoms with Crippen molar-refractivity contribution in [2.75, 3.05) is 23.7 Å². The Bertz CT molecular complexity index is 416. The van der Waals surface area contributed by atoms with Crippen molar-refractivity contribution in [3.63, 3.8) is 0 Å². The van der Waals surface area contributed by atoms with Gasteiger partial charge in [-0.2, -0.15) is 11.8 Å². The number of nitrogens with zero attached hydrogens (tertiary/aromatic N) is 3. The van der Waals surface area contributed by atoms with Gasteiger partial charge in [-0.25, -0.2) is 9.97 Å². The number of thioether (sulfide) groups is 1. The van der Waals surface area contributed by atoms with E-state index in [-0.39, 0.29) is 0 Å². The molecule has 0 bridgehead atoms. The zero-order chi connectivity index (χ0) is 14.6. The predicted octanol–water partition coefficient (Wildman–Crippen LogP) is 2.70. The minimum absolute atomic E-state index is 0.371. The molecule has 1 N–H and O–H groups in total. The van der Waals surface area contributed by atoms with Crippen LogP contribution in [0.5, 0.6) is 0 Å². The SMILES string of the molecule is CC(C)NCc1cnc(N2CCSC(C)(C)CC2)nc1. The molecule has 0 amide bonds. The van der Waals surface area contributed by atoms with Crippen molar-refractivity contribution in [3.05, 3.63) is 18.0 Å². The van der Waals surface area contributed by atoms with E-state index >= 15 is 0 Å². The Hall–Kier alpha value is -0.810. The van der Waals surface area contributed by atoms with Crippen molar-refractivity contribution in [3.8, 4) is 0 Å². The fourth-order valence-corrected chi connectivity index (χ4v) is 3.24. The Morgan fingerprint density at radius 2 is 2.00 bits per heavy atom. The molecule has 0 saturated carbocycles. The molecule has 0 aromatic carbocycles. The molecule has 1 aliphatic rings. The molecule has 1 aliphatic heterocycles. The third kappa shape index (κ3) is 4.63. The minimum atomic E-state index is 0.371. The first kappa shape index (κ1) is 15.6. The van der Waals surface area contributed by atoms with Crippen molar-refractivity contribution in [1.29, 1.82) is 0 Å². The largest absolute Gasteiger partial charge is 0.340 e. The van der Waals surface area contributed by atoms with Crippen molar-refractivity contribution < 1.29 is 0 Å². The Labute approximate surface area is 126 Å². The monoisotopic (exact) mass is 294 g/mol. The number of anilines is 1. The lowest BCUT2D eigenvalue weighted by atomic mass is 10.1. The minimum Gasteiger partial charge on any atom is -0.340 e. The molecule has 112 valence electrons. The Kier molecular flexibility index (Phi) is 5.27. The summed E-state index contributed by atoms with van der Waals surface area (Å²) in [6.07, 6.45) is 5.07. The molecule has 2 rings (SSSR count). The molecular weight excluding hydrogens is 268 g/mol. The second-order valence-corrected chi connectivity index (χ2v) is 8.07. The Morgan fingerprint density at radius 1 is 1.30 bits per heavy atom. The second kappa shape index (κ2) is 6.76. The zero-order valence-corrected chi connectivity index (χ0v) is 13.8. The predicted molar refractivity (Wildman–Crippen MR) is 87.4 cm³/mol. The van der Waals surface area contributed by atoms with E-state index in [1.54, 1.807) is 0 Å². The first-order chi connectivity index (χ1) is 9.46. The molecule has 0 radical (unpaired) electrons. The summed E-state index contributed by atoms with van der Waals surface area (Å²) in [5, 5.41) is 3.38. The molecule has 1 aromatic heterocycles. The van der Waals surface area contributed by atoms with Crippen LogP contribution < -0.4 is 10.2 Å². The van der Waals surface area contributed by atoms with E-state index in [0.717, 1.165) is 36.9 Å². The highest BCUT2D eigenvalue weighted by molar-refractivity contribution is 8.00. The molecule has 0 unspecified atom stereocenters. The molecule has 1 saturated heterocycles. The van der Waals surface area contributed by atoms with Gasteiger partial charge in [-0.3, -0.25) is 0 Å². The lowest BCUT2D eigenvalue weighted by Crippen LogP contribution is -2.29. The van der Waals surface area contributed by atoms with Crippen LogP contribution in [-0.4, -0.2) is 39.6 Å². The van der Waals surface area contributed by atoms with Crippen molar-refractivity contribution in [1.82, 2.24) is 15.3 Å². The fraction of sp³-hybridized carbons (Fsp3) is 0.733. The average Bonchev–Trinajstić information content (AvgIpc) is 2.58. The summed E-state index contributed by atoms with van der Waals surface area (Å²) < 4.78 is 0.371. The lowest BCUT2D eigenvalue weighted by molar-refractivity contribution is 0.586. The highest BCUT2D eigenvalue weighted by Gasteiger charge is 2.24. The van der Waals surface area contributed by atoms with E-state index in [4.69, 9.17) is 0 Å². The topological polar surface area (TPSA) is 41.1 Å². The normalized spacial score (nSPS) is 19.1. The number of rotatable bonds is 4. The summed E-state index contributed by atoms with van der Waals surface area (Å²) in [4.78, 5) is 11.4.